The molecule has 0 aliphatic carbocycles. The third-order valence-corrected chi connectivity index (χ3v) is 4.80. The summed E-state index contributed by atoms with van der Waals surface area (Å²) in [4.78, 5) is 27.1. The third kappa shape index (κ3) is 4.26. The van der Waals surface area contributed by atoms with Gasteiger partial charge in [0, 0.05) is 17.8 Å². The number of rotatable bonds is 6. The first-order chi connectivity index (χ1) is 12.5. The van der Waals surface area contributed by atoms with Gasteiger partial charge in [-0.05, 0) is 30.3 Å². The highest BCUT2D eigenvalue weighted by Gasteiger charge is 2.11. The van der Waals surface area contributed by atoms with Crippen LogP contribution >= 0.6 is 22.7 Å². The molecule has 0 bridgehead atoms. The number of anilines is 1. The highest BCUT2D eigenvalue weighted by molar-refractivity contribution is 7.19. The molecule has 3 rings (SSSR count). The van der Waals surface area contributed by atoms with Crippen molar-refractivity contribution in [2.75, 3.05) is 12.4 Å². The number of hydrogen-bond acceptors (Lipinski definition) is 9. The van der Waals surface area contributed by atoms with E-state index < -0.39 is 4.92 Å². The minimum absolute atomic E-state index is 0.0381. The van der Waals surface area contributed by atoms with Crippen molar-refractivity contribution in [3.8, 4) is 5.75 Å². The van der Waals surface area contributed by atoms with Crippen LogP contribution in [0.1, 0.15) is 15.2 Å². The van der Waals surface area contributed by atoms with Gasteiger partial charge in [-0.25, -0.2) is 4.99 Å². The summed E-state index contributed by atoms with van der Waals surface area (Å²) in [6, 6.07) is 9.65. The Balaban J connectivity index is 1.64. The number of amides is 1. The fourth-order valence-corrected chi connectivity index (χ4v) is 3.14. The molecular formula is C15H11N5O4S2. The maximum Gasteiger partial charge on any atom is 0.324 e. The fourth-order valence-electron chi connectivity index (χ4n) is 1.86. The maximum absolute atomic E-state index is 12.2. The molecule has 1 amide bonds. The molecule has 0 saturated carbocycles. The number of nitro groups is 1. The molecule has 2 heterocycles. The molecule has 0 fully saturated rings. The Labute approximate surface area is 155 Å². The van der Waals surface area contributed by atoms with E-state index in [1.54, 1.807) is 37.4 Å². The molecule has 2 aromatic heterocycles. The second-order valence-corrected chi connectivity index (χ2v) is 6.81. The summed E-state index contributed by atoms with van der Waals surface area (Å²) in [5.41, 5.74) is 0.456. The number of methoxy groups -OCH3 is 1. The topological polar surface area (TPSA) is 120 Å². The van der Waals surface area contributed by atoms with Crippen LogP contribution in [-0.2, 0) is 0 Å². The van der Waals surface area contributed by atoms with E-state index in [0.29, 0.717) is 26.5 Å². The first-order valence-corrected chi connectivity index (χ1v) is 8.75. The van der Waals surface area contributed by atoms with Crippen molar-refractivity contribution >= 4 is 50.1 Å². The second-order valence-electron chi connectivity index (χ2n) is 4.76. The molecule has 0 radical (unpaired) electrons. The number of carbonyl (C=O) groups excluding carboxylic acids is 1. The van der Waals surface area contributed by atoms with Gasteiger partial charge in [-0.3, -0.25) is 20.2 Å². The fraction of sp³-hybridized carbons (Fsp3) is 0.0667. The van der Waals surface area contributed by atoms with Gasteiger partial charge >= 0.3 is 5.00 Å². The van der Waals surface area contributed by atoms with Crippen molar-refractivity contribution in [3.63, 3.8) is 0 Å². The van der Waals surface area contributed by atoms with Crippen molar-refractivity contribution < 1.29 is 14.5 Å². The van der Waals surface area contributed by atoms with E-state index in [2.05, 4.69) is 20.5 Å². The molecular weight excluding hydrogens is 378 g/mol. The van der Waals surface area contributed by atoms with Crippen molar-refractivity contribution in [1.29, 1.82) is 0 Å². The van der Waals surface area contributed by atoms with Crippen LogP contribution in [0.15, 0.2) is 41.4 Å². The predicted molar refractivity (Wildman–Crippen MR) is 99.1 cm³/mol. The number of aromatic nitrogens is 2. The Morgan fingerprint density at radius 2 is 2.00 bits per heavy atom. The lowest BCUT2D eigenvalue weighted by Crippen LogP contribution is -2.11. The zero-order chi connectivity index (χ0) is 18.5. The summed E-state index contributed by atoms with van der Waals surface area (Å²) in [5.74, 6) is 0.330. The normalized spacial score (nSPS) is 10.8. The van der Waals surface area contributed by atoms with Gasteiger partial charge in [-0.15, -0.1) is 10.2 Å². The quantitative estimate of drug-likeness (QED) is 0.391. The second kappa shape index (κ2) is 7.80. The van der Waals surface area contributed by atoms with E-state index in [0.717, 1.165) is 22.7 Å². The molecule has 26 heavy (non-hydrogen) atoms. The monoisotopic (exact) mass is 389 g/mol. The highest BCUT2D eigenvalue weighted by Crippen LogP contribution is 2.26. The average molecular weight is 389 g/mol. The van der Waals surface area contributed by atoms with Crippen molar-refractivity contribution in [3.05, 3.63) is 57.0 Å². The van der Waals surface area contributed by atoms with Gasteiger partial charge in [0.1, 0.15) is 5.75 Å². The van der Waals surface area contributed by atoms with Crippen molar-refractivity contribution in [2.24, 2.45) is 4.99 Å². The number of benzene rings is 1. The van der Waals surface area contributed by atoms with Gasteiger partial charge in [0.25, 0.3) is 5.91 Å². The molecule has 0 atom stereocenters. The van der Waals surface area contributed by atoms with E-state index in [1.165, 1.54) is 12.3 Å². The van der Waals surface area contributed by atoms with Crippen LogP contribution in [0.5, 0.6) is 5.75 Å². The number of thiophene rings is 1. The molecule has 9 nitrogen and oxygen atoms in total. The van der Waals surface area contributed by atoms with E-state index in [1.807, 2.05) is 0 Å². The van der Waals surface area contributed by atoms with Crippen molar-refractivity contribution in [2.45, 2.75) is 0 Å². The smallest absolute Gasteiger partial charge is 0.324 e. The van der Waals surface area contributed by atoms with Crippen molar-refractivity contribution in [1.82, 2.24) is 10.2 Å². The van der Waals surface area contributed by atoms with Gasteiger partial charge in [0.05, 0.1) is 16.9 Å². The zero-order valence-electron chi connectivity index (χ0n) is 13.3. The summed E-state index contributed by atoms with van der Waals surface area (Å²) < 4.78 is 5.04. The largest absolute Gasteiger partial charge is 0.497 e. The Hall–Kier alpha value is -3.18. The lowest BCUT2D eigenvalue weighted by Gasteiger charge is -2.02. The SMILES string of the molecule is COc1ccc(C(=O)Nc2nnc(/N=C/c3ccc([N+](=O)[O-])s3)s2)cc1. The summed E-state index contributed by atoms with van der Waals surface area (Å²) in [6.45, 7) is 0. The molecule has 11 heteroatoms. The lowest BCUT2D eigenvalue weighted by atomic mass is 10.2. The van der Waals surface area contributed by atoms with E-state index in [-0.39, 0.29) is 10.9 Å². The standard InChI is InChI=1S/C15H11N5O4S2/c1-24-10-4-2-9(3-5-10)13(21)17-15-19-18-14(26-15)16-8-11-6-7-12(25-11)20(22)23/h2-8H,1H3,(H,17,19,21)/b16-8+. The van der Waals surface area contributed by atoms with Gasteiger partial charge in [-0.2, -0.15) is 0 Å². The molecule has 0 saturated heterocycles. The van der Waals surface area contributed by atoms with Crippen LogP contribution in [0.4, 0.5) is 15.3 Å². The molecule has 1 N–H and O–H groups in total. The predicted octanol–water partition coefficient (Wildman–Crippen LogP) is 3.52. The maximum atomic E-state index is 12.2. The van der Waals surface area contributed by atoms with Crippen LogP contribution in [0.3, 0.4) is 0 Å². The minimum atomic E-state index is -0.459. The highest BCUT2D eigenvalue weighted by atomic mass is 32.1. The van der Waals surface area contributed by atoms with Gasteiger partial charge in [-0.1, -0.05) is 22.7 Å². The molecule has 132 valence electrons. The van der Waals surface area contributed by atoms with E-state index in [9.17, 15) is 14.9 Å². The first-order valence-electron chi connectivity index (χ1n) is 7.12. The van der Waals surface area contributed by atoms with Crippen LogP contribution in [-0.4, -0.2) is 34.4 Å². The number of aliphatic imine (C=N–C) groups is 1. The zero-order valence-corrected chi connectivity index (χ0v) is 14.9. The number of nitrogens with zero attached hydrogens (tertiary/aromatic N) is 4. The summed E-state index contributed by atoms with van der Waals surface area (Å²) >= 11 is 2.10. The summed E-state index contributed by atoms with van der Waals surface area (Å²) in [5, 5.41) is 21.7. The van der Waals surface area contributed by atoms with Gasteiger partial charge < -0.3 is 4.74 Å². The summed E-state index contributed by atoms with van der Waals surface area (Å²) in [6.07, 6.45) is 1.47. The Morgan fingerprint density at radius 3 is 2.65 bits per heavy atom. The molecule has 0 unspecified atom stereocenters. The molecule has 0 aliphatic heterocycles. The summed E-state index contributed by atoms with van der Waals surface area (Å²) in [7, 11) is 1.55. The number of ether oxygens (including phenoxy) is 1. The third-order valence-electron chi connectivity index (χ3n) is 3.08. The van der Waals surface area contributed by atoms with Crippen LogP contribution in [0.2, 0.25) is 0 Å². The average Bonchev–Trinajstić information content (AvgIpc) is 3.29. The molecule has 1 aromatic carbocycles. The first kappa shape index (κ1) is 17.6. The Kier molecular flexibility index (Phi) is 5.29. The molecule has 3 aromatic rings. The van der Waals surface area contributed by atoms with Crippen LogP contribution < -0.4 is 10.1 Å². The van der Waals surface area contributed by atoms with E-state index >= 15 is 0 Å². The van der Waals surface area contributed by atoms with Crippen LogP contribution in [0, 0.1) is 10.1 Å². The molecule has 0 spiro atoms. The van der Waals surface area contributed by atoms with Gasteiger partial charge in [0.15, 0.2) is 0 Å². The Morgan fingerprint density at radius 1 is 1.23 bits per heavy atom. The Bertz CT molecular complexity index is 965. The number of hydrogen-bond donors (Lipinski definition) is 1. The lowest BCUT2D eigenvalue weighted by molar-refractivity contribution is -0.380. The van der Waals surface area contributed by atoms with E-state index in [4.69, 9.17) is 4.74 Å². The number of carbonyl (C=O) groups is 1. The van der Waals surface area contributed by atoms with Gasteiger partial charge in [0.2, 0.25) is 10.3 Å². The van der Waals surface area contributed by atoms with Crippen LogP contribution in [0.25, 0.3) is 0 Å². The minimum Gasteiger partial charge on any atom is -0.497 e. The number of nitrogens with one attached hydrogen (secondary N) is 1. The molecule has 0 aliphatic rings.